The van der Waals surface area contributed by atoms with Crippen LogP contribution in [0.2, 0.25) is 0 Å². The molecule has 0 heterocycles. The monoisotopic (exact) mass is 389 g/mol. The van der Waals surface area contributed by atoms with Gasteiger partial charge in [0.2, 0.25) is 0 Å². The summed E-state index contributed by atoms with van der Waals surface area (Å²) in [6, 6.07) is 28.8. The molecule has 0 aliphatic rings. The Hall–Kier alpha value is -2.91. The first kappa shape index (κ1) is 20.8. The van der Waals surface area contributed by atoms with E-state index in [2.05, 4.69) is 42.2 Å². The Morgan fingerprint density at radius 3 is 1.93 bits per heavy atom. The number of halogens is 1. The van der Waals surface area contributed by atoms with E-state index >= 15 is 0 Å². The zero-order valence-electron chi connectivity index (χ0n) is 17.1. The maximum atomic E-state index is 13.3. The molecule has 2 nitrogen and oxygen atoms in total. The van der Waals surface area contributed by atoms with E-state index in [9.17, 15) is 4.39 Å². The lowest BCUT2D eigenvalue weighted by atomic mass is 9.97. The zero-order chi connectivity index (χ0) is 20.5. The summed E-state index contributed by atoms with van der Waals surface area (Å²) in [6.45, 7) is 2.80. The molecular formula is C26H28FNO. The van der Waals surface area contributed by atoms with E-state index in [4.69, 9.17) is 4.74 Å². The molecule has 1 atom stereocenters. The van der Waals surface area contributed by atoms with Crippen molar-refractivity contribution in [2.45, 2.75) is 13.0 Å². The normalized spacial score (nSPS) is 11.9. The van der Waals surface area contributed by atoms with Gasteiger partial charge in [-0.15, -0.1) is 0 Å². The number of hydrogen-bond donors (Lipinski definition) is 0. The average Bonchev–Trinajstić information content (AvgIpc) is 2.79. The second kappa shape index (κ2) is 10.6. The van der Waals surface area contributed by atoms with Crippen LogP contribution in [0.1, 0.15) is 29.7 Å². The van der Waals surface area contributed by atoms with Gasteiger partial charge in [-0.2, -0.15) is 0 Å². The number of benzene rings is 3. The quantitative estimate of drug-likeness (QED) is 0.434. The third-order valence-electron chi connectivity index (χ3n) is 5.22. The Kier molecular flexibility index (Phi) is 7.60. The first-order valence-electron chi connectivity index (χ1n) is 9.98. The molecule has 0 bridgehead atoms. The molecule has 0 aromatic heterocycles. The maximum absolute atomic E-state index is 13.3. The van der Waals surface area contributed by atoms with E-state index in [0.717, 1.165) is 28.0 Å². The second-order valence-corrected chi connectivity index (χ2v) is 6.98. The Bertz CT molecular complexity index is 850. The fourth-order valence-corrected chi connectivity index (χ4v) is 3.49. The van der Waals surface area contributed by atoms with Crippen molar-refractivity contribution in [2.75, 3.05) is 26.9 Å². The van der Waals surface area contributed by atoms with Gasteiger partial charge in [0.05, 0.1) is 7.11 Å². The molecule has 0 radical (unpaired) electrons. The van der Waals surface area contributed by atoms with Crippen molar-refractivity contribution in [3.8, 4) is 5.75 Å². The molecule has 0 aliphatic carbocycles. The van der Waals surface area contributed by atoms with Gasteiger partial charge in [-0.1, -0.05) is 78.9 Å². The molecule has 3 aromatic carbocycles. The summed E-state index contributed by atoms with van der Waals surface area (Å²) in [6.07, 6.45) is 2.21. The molecule has 0 N–H and O–H groups in total. The third kappa shape index (κ3) is 5.55. The lowest BCUT2D eigenvalue weighted by Gasteiger charge is -2.28. The fourth-order valence-electron chi connectivity index (χ4n) is 3.49. The second-order valence-electron chi connectivity index (χ2n) is 6.98. The molecule has 0 saturated carbocycles. The number of alkyl halides is 1. The van der Waals surface area contributed by atoms with Crippen LogP contribution in [0.25, 0.3) is 5.57 Å². The van der Waals surface area contributed by atoms with E-state index in [-0.39, 0.29) is 12.7 Å². The lowest BCUT2D eigenvalue weighted by molar-refractivity contribution is 0.213. The van der Waals surface area contributed by atoms with Gasteiger partial charge in [-0.25, -0.2) is 4.39 Å². The van der Waals surface area contributed by atoms with E-state index in [1.807, 2.05) is 60.7 Å². The van der Waals surface area contributed by atoms with Crippen LogP contribution in [0, 0.1) is 0 Å². The van der Waals surface area contributed by atoms with E-state index in [0.29, 0.717) is 13.1 Å². The van der Waals surface area contributed by atoms with Crippen LogP contribution in [0.3, 0.4) is 0 Å². The SMILES string of the molecule is COc1ccc([C@@H](C)N(CC=C(c2ccccc2)c2ccccc2)CCF)cc1. The van der Waals surface area contributed by atoms with Gasteiger partial charge >= 0.3 is 0 Å². The summed E-state index contributed by atoms with van der Waals surface area (Å²) in [5.41, 5.74) is 4.64. The van der Waals surface area contributed by atoms with Crippen molar-refractivity contribution in [3.63, 3.8) is 0 Å². The number of nitrogens with zero attached hydrogens (tertiary/aromatic N) is 1. The molecule has 150 valence electrons. The topological polar surface area (TPSA) is 12.5 Å². The van der Waals surface area contributed by atoms with Gasteiger partial charge in [0.25, 0.3) is 0 Å². The Labute approximate surface area is 173 Å². The van der Waals surface area contributed by atoms with Gasteiger partial charge in [0, 0.05) is 19.1 Å². The molecule has 0 aliphatic heterocycles. The summed E-state index contributed by atoms with van der Waals surface area (Å²) in [4.78, 5) is 2.16. The van der Waals surface area contributed by atoms with Crippen molar-refractivity contribution in [1.29, 1.82) is 0 Å². The van der Waals surface area contributed by atoms with Gasteiger partial charge in [-0.05, 0) is 41.3 Å². The predicted molar refractivity (Wildman–Crippen MR) is 119 cm³/mol. The van der Waals surface area contributed by atoms with Crippen LogP contribution in [0.4, 0.5) is 4.39 Å². The number of hydrogen-bond acceptors (Lipinski definition) is 2. The molecule has 0 fully saturated rings. The first-order chi connectivity index (χ1) is 14.2. The number of methoxy groups -OCH3 is 1. The first-order valence-corrected chi connectivity index (χ1v) is 9.98. The molecular weight excluding hydrogens is 361 g/mol. The minimum atomic E-state index is -0.375. The molecule has 3 heteroatoms. The summed E-state index contributed by atoms with van der Waals surface area (Å²) in [5, 5.41) is 0. The smallest absolute Gasteiger partial charge is 0.118 e. The Balaban J connectivity index is 1.87. The van der Waals surface area contributed by atoms with E-state index in [1.54, 1.807) is 7.11 Å². The van der Waals surface area contributed by atoms with Crippen LogP contribution in [-0.2, 0) is 0 Å². The number of rotatable bonds is 9. The van der Waals surface area contributed by atoms with Crippen molar-refractivity contribution >= 4 is 5.57 Å². The van der Waals surface area contributed by atoms with Crippen molar-refractivity contribution in [3.05, 3.63) is 108 Å². The van der Waals surface area contributed by atoms with Gasteiger partial charge in [0.15, 0.2) is 0 Å². The van der Waals surface area contributed by atoms with E-state index < -0.39 is 0 Å². The molecule has 29 heavy (non-hydrogen) atoms. The summed E-state index contributed by atoms with van der Waals surface area (Å²) in [7, 11) is 1.66. The molecule has 0 saturated heterocycles. The fraction of sp³-hybridized carbons (Fsp3) is 0.231. The standard InChI is InChI=1S/C26H28FNO/c1-21(22-13-15-25(29-2)16-14-22)28(20-18-27)19-17-26(23-9-5-3-6-10-23)24-11-7-4-8-12-24/h3-17,21H,18-20H2,1-2H3/t21-/m1/s1. The summed E-state index contributed by atoms with van der Waals surface area (Å²) >= 11 is 0. The maximum Gasteiger partial charge on any atom is 0.118 e. The van der Waals surface area contributed by atoms with Gasteiger partial charge < -0.3 is 4.74 Å². The molecule has 0 spiro atoms. The Morgan fingerprint density at radius 1 is 0.897 bits per heavy atom. The van der Waals surface area contributed by atoms with Gasteiger partial charge in [-0.3, -0.25) is 4.90 Å². The van der Waals surface area contributed by atoms with Crippen LogP contribution < -0.4 is 4.74 Å². The van der Waals surface area contributed by atoms with Crippen LogP contribution in [0.15, 0.2) is 91.0 Å². The average molecular weight is 390 g/mol. The van der Waals surface area contributed by atoms with Crippen molar-refractivity contribution in [1.82, 2.24) is 4.90 Å². The van der Waals surface area contributed by atoms with Crippen LogP contribution in [-0.4, -0.2) is 31.8 Å². The highest BCUT2D eigenvalue weighted by molar-refractivity contribution is 5.79. The minimum absolute atomic E-state index is 0.0979. The van der Waals surface area contributed by atoms with E-state index in [1.165, 1.54) is 0 Å². The zero-order valence-corrected chi connectivity index (χ0v) is 17.1. The molecule has 0 amide bonds. The highest BCUT2D eigenvalue weighted by atomic mass is 19.1. The largest absolute Gasteiger partial charge is 0.497 e. The minimum Gasteiger partial charge on any atom is -0.497 e. The molecule has 0 unspecified atom stereocenters. The summed E-state index contributed by atoms with van der Waals surface area (Å²) in [5.74, 6) is 0.827. The third-order valence-corrected chi connectivity index (χ3v) is 5.22. The molecule has 3 rings (SSSR count). The predicted octanol–water partition coefficient (Wildman–Crippen LogP) is 6.16. The highest BCUT2D eigenvalue weighted by Crippen LogP contribution is 2.26. The molecule has 3 aromatic rings. The van der Waals surface area contributed by atoms with Crippen LogP contribution >= 0.6 is 0 Å². The van der Waals surface area contributed by atoms with Crippen molar-refractivity contribution in [2.24, 2.45) is 0 Å². The number of ether oxygens (including phenoxy) is 1. The highest BCUT2D eigenvalue weighted by Gasteiger charge is 2.15. The summed E-state index contributed by atoms with van der Waals surface area (Å²) < 4.78 is 18.6. The lowest BCUT2D eigenvalue weighted by Crippen LogP contribution is -2.29. The Morgan fingerprint density at radius 2 is 1.45 bits per heavy atom. The van der Waals surface area contributed by atoms with Crippen LogP contribution in [0.5, 0.6) is 5.75 Å². The van der Waals surface area contributed by atoms with Gasteiger partial charge in [0.1, 0.15) is 12.4 Å². The van der Waals surface area contributed by atoms with Crippen molar-refractivity contribution < 1.29 is 9.13 Å².